The van der Waals surface area contributed by atoms with Crippen molar-refractivity contribution in [1.29, 1.82) is 0 Å². The van der Waals surface area contributed by atoms with Gasteiger partial charge in [-0.1, -0.05) is 23.7 Å². The molecule has 1 aliphatic heterocycles. The first-order valence-corrected chi connectivity index (χ1v) is 8.53. The van der Waals surface area contributed by atoms with Crippen LogP contribution in [0.4, 0.5) is 10.1 Å². The van der Waals surface area contributed by atoms with Crippen molar-refractivity contribution < 1.29 is 13.9 Å². The van der Waals surface area contributed by atoms with Crippen molar-refractivity contribution in [1.82, 2.24) is 4.90 Å². The van der Waals surface area contributed by atoms with Gasteiger partial charge in [0.1, 0.15) is 17.3 Å². The van der Waals surface area contributed by atoms with E-state index in [0.717, 1.165) is 0 Å². The normalized spacial score (nSPS) is 17.6. The number of aliphatic imine (C=N–C) groups is 1. The quantitative estimate of drug-likeness (QED) is 0.728. The molecule has 4 nitrogen and oxygen atoms in total. The molecule has 2 aromatic rings. The number of hydrogen-bond donors (Lipinski definition) is 0. The first-order valence-electron chi connectivity index (χ1n) is 7.34. The molecular formula is C18H14ClFN2O2S. The van der Waals surface area contributed by atoms with Gasteiger partial charge in [0, 0.05) is 17.6 Å². The Bertz CT molecular complexity index is 898. The maximum Gasteiger partial charge on any atom is 0.266 e. The van der Waals surface area contributed by atoms with Gasteiger partial charge in [0.25, 0.3) is 5.91 Å². The van der Waals surface area contributed by atoms with Gasteiger partial charge in [0.15, 0.2) is 5.17 Å². The molecule has 1 fully saturated rings. The number of benzene rings is 2. The number of methoxy groups -OCH3 is 1. The second-order valence-corrected chi connectivity index (χ2v) is 6.65. The van der Waals surface area contributed by atoms with Crippen LogP contribution in [0.15, 0.2) is 52.4 Å². The Morgan fingerprint density at radius 1 is 1.28 bits per heavy atom. The highest BCUT2D eigenvalue weighted by Crippen LogP contribution is 2.35. The summed E-state index contributed by atoms with van der Waals surface area (Å²) in [6, 6.07) is 11.3. The molecule has 1 aliphatic rings. The van der Waals surface area contributed by atoms with Crippen molar-refractivity contribution in [2.75, 3.05) is 14.2 Å². The molecule has 0 atom stereocenters. The molecule has 1 amide bonds. The fourth-order valence-corrected chi connectivity index (χ4v) is 3.41. The smallest absolute Gasteiger partial charge is 0.266 e. The second kappa shape index (κ2) is 7.29. The first-order chi connectivity index (χ1) is 12.0. The highest BCUT2D eigenvalue weighted by Gasteiger charge is 2.30. The van der Waals surface area contributed by atoms with Crippen LogP contribution in [0, 0.1) is 5.82 Å². The van der Waals surface area contributed by atoms with Crippen molar-refractivity contribution in [2.45, 2.75) is 0 Å². The Kier molecular flexibility index (Phi) is 5.11. The summed E-state index contributed by atoms with van der Waals surface area (Å²) in [5.74, 6) is -0.0556. The number of para-hydroxylation sites is 1. The van der Waals surface area contributed by atoms with E-state index in [9.17, 15) is 9.18 Å². The molecule has 0 radical (unpaired) electrons. The number of amidine groups is 1. The van der Waals surface area contributed by atoms with E-state index in [-0.39, 0.29) is 11.6 Å². The van der Waals surface area contributed by atoms with Crippen LogP contribution in [0.25, 0.3) is 6.08 Å². The Hall–Kier alpha value is -2.31. The predicted octanol–water partition coefficient (Wildman–Crippen LogP) is 4.72. The van der Waals surface area contributed by atoms with Crippen LogP contribution < -0.4 is 4.74 Å². The molecule has 128 valence electrons. The molecule has 1 saturated heterocycles. The Morgan fingerprint density at radius 3 is 2.76 bits per heavy atom. The van der Waals surface area contributed by atoms with Gasteiger partial charge in [-0.2, -0.15) is 0 Å². The maximum absolute atomic E-state index is 13.8. The average Bonchev–Trinajstić information content (AvgIpc) is 2.85. The number of carbonyl (C=O) groups excluding carboxylic acids is 1. The van der Waals surface area contributed by atoms with Crippen molar-refractivity contribution in [2.24, 2.45) is 4.99 Å². The van der Waals surface area contributed by atoms with Crippen LogP contribution in [0.2, 0.25) is 5.02 Å². The van der Waals surface area contributed by atoms with Gasteiger partial charge >= 0.3 is 0 Å². The Balaban J connectivity index is 1.97. The lowest BCUT2D eigenvalue weighted by Crippen LogP contribution is -2.23. The van der Waals surface area contributed by atoms with Crippen LogP contribution in [-0.4, -0.2) is 30.1 Å². The molecule has 0 unspecified atom stereocenters. The fourth-order valence-electron chi connectivity index (χ4n) is 2.26. The molecule has 0 spiro atoms. The molecule has 25 heavy (non-hydrogen) atoms. The maximum atomic E-state index is 13.8. The van der Waals surface area contributed by atoms with Gasteiger partial charge in [-0.3, -0.25) is 9.69 Å². The van der Waals surface area contributed by atoms with E-state index in [4.69, 9.17) is 16.3 Å². The van der Waals surface area contributed by atoms with E-state index in [2.05, 4.69) is 4.99 Å². The van der Waals surface area contributed by atoms with Gasteiger partial charge in [0.2, 0.25) is 0 Å². The molecule has 0 aliphatic carbocycles. The number of halogens is 2. The average molecular weight is 377 g/mol. The van der Waals surface area contributed by atoms with Gasteiger partial charge in [-0.25, -0.2) is 9.38 Å². The topological polar surface area (TPSA) is 41.9 Å². The highest BCUT2D eigenvalue weighted by molar-refractivity contribution is 8.18. The summed E-state index contributed by atoms with van der Waals surface area (Å²) in [4.78, 5) is 18.6. The third-order valence-electron chi connectivity index (χ3n) is 3.55. The largest absolute Gasteiger partial charge is 0.496 e. The molecule has 1 heterocycles. The minimum Gasteiger partial charge on any atom is -0.496 e. The molecule has 0 bridgehead atoms. The van der Waals surface area contributed by atoms with Crippen LogP contribution in [0.5, 0.6) is 5.75 Å². The van der Waals surface area contributed by atoms with E-state index >= 15 is 0 Å². The molecule has 3 rings (SSSR count). The van der Waals surface area contributed by atoms with Crippen molar-refractivity contribution in [3.8, 4) is 5.75 Å². The Labute approximate surface area is 154 Å². The summed E-state index contributed by atoms with van der Waals surface area (Å²) in [5.41, 5.74) is 0.873. The second-order valence-electron chi connectivity index (χ2n) is 5.21. The first kappa shape index (κ1) is 17.5. The zero-order chi connectivity index (χ0) is 18.0. The molecule has 7 heteroatoms. The van der Waals surface area contributed by atoms with Gasteiger partial charge < -0.3 is 4.74 Å². The number of likely N-dealkylation sites (N-methyl/N-ethyl adjacent to an activating group) is 1. The number of hydrogen-bond acceptors (Lipinski definition) is 4. The highest BCUT2D eigenvalue weighted by atomic mass is 35.5. The predicted molar refractivity (Wildman–Crippen MR) is 99.8 cm³/mol. The number of carbonyl (C=O) groups is 1. The monoisotopic (exact) mass is 376 g/mol. The van der Waals surface area contributed by atoms with E-state index < -0.39 is 5.82 Å². The summed E-state index contributed by atoms with van der Waals surface area (Å²) in [6.45, 7) is 0. The van der Waals surface area contributed by atoms with Gasteiger partial charge in [0.05, 0.1) is 12.0 Å². The number of nitrogens with zero attached hydrogens (tertiary/aromatic N) is 2. The summed E-state index contributed by atoms with van der Waals surface area (Å²) in [6.07, 6.45) is 1.69. The van der Waals surface area contributed by atoms with E-state index in [1.54, 1.807) is 56.6 Å². The van der Waals surface area contributed by atoms with Crippen LogP contribution >= 0.6 is 23.4 Å². The third-order valence-corrected chi connectivity index (χ3v) is 4.85. The Morgan fingerprint density at radius 2 is 2.04 bits per heavy atom. The SMILES string of the molecule is COc1ccc(Cl)cc1/C=C1/SC(=Nc2ccccc2F)N(C)C1=O. The number of rotatable bonds is 3. The summed E-state index contributed by atoms with van der Waals surface area (Å²) in [7, 11) is 3.15. The molecule has 0 N–H and O–H groups in total. The minimum atomic E-state index is -0.439. The molecule has 0 aromatic heterocycles. The number of thioether (sulfide) groups is 1. The van der Waals surface area contributed by atoms with Gasteiger partial charge in [-0.15, -0.1) is 0 Å². The van der Waals surface area contributed by atoms with Crippen molar-refractivity contribution >= 4 is 46.2 Å². The van der Waals surface area contributed by atoms with E-state index in [1.807, 2.05) is 0 Å². The lowest BCUT2D eigenvalue weighted by atomic mass is 10.2. The fraction of sp³-hybridized carbons (Fsp3) is 0.111. The number of amides is 1. The summed E-state index contributed by atoms with van der Waals surface area (Å²) >= 11 is 7.20. The van der Waals surface area contributed by atoms with Gasteiger partial charge in [-0.05, 0) is 48.2 Å². The zero-order valence-electron chi connectivity index (χ0n) is 13.5. The minimum absolute atomic E-state index is 0.186. The summed E-state index contributed by atoms with van der Waals surface area (Å²) < 4.78 is 19.1. The lowest BCUT2D eigenvalue weighted by Gasteiger charge is -2.07. The zero-order valence-corrected chi connectivity index (χ0v) is 15.1. The molecule has 0 saturated carbocycles. The van der Waals surface area contributed by atoms with E-state index in [1.165, 1.54) is 22.7 Å². The number of ether oxygens (including phenoxy) is 1. The summed E-state index contributed by atoms with van der Waals surface area (Å²) in [5, 5.41) is 0.944. The van der Waals surface area contributed by atoms with Crippen molar-refractivity contribution in [3.05, 3.63) is 63.8 Å². The lowest BCUT2D eigenvalue weighted by molar-refractivity contribution is -0.121. The van der Waals surface area contributed by atoms with Crippen molar-refractivity contribution in [3.63, 3.8) is 0 Å². The van der Waals surface area contributed by atoms with Crippen LogP contribution in [0.3, 0.4) is 0 Å². The van der Waals surface area contributed by atoms with Crippen LogP contribution in [0.1, 0.15) is 5.56 Å². The third kappa shape index (κ3) is 3.70. The standard InChI is InChI=1S/C18H14ClFN2O2S/c1-22-17(23)16(10-11-9-12(19)7-8-15(11)24-2)25-18(22)21-14-6-4-3-5-13(14)20/h3-10H,1-2H3/b16-10+,21-18?. The molecular weight excluding hydrogens is 363 g/mol. The van der Waals surface area contributed by atoms with E-state index in [0.29, 0.717) is 26.4 Å². The van der Waals surface area contributed by atoms with Crippen LogP contribution in [-0.2, 0) is 4.79 Å². The molecule has 2 aromatic carbocycles.